The molecule has 0 fully saturated rings. The Labute approximate surface area is 69.2 Å². The Morgan fingerprint density at radius 3 is 1.45 bits per heavy atom. The number of amides is 1. The van der Waals surface area contributed by atoms with Crippen molar-refractivity contribution in [1.29, 1.82) is 0 Å². The minimum Gasteiger partial charge on any atom is -0.357 e. The van der Waals surface area contributed by atoms with Crippen LogP contribution in [0.1, 0.15) is 35.1 Å². The van der Waals surface area contributed by atoms with Gasteiger partial charge in [0.25, 0.3) is 0 Å². The van der Waals surface area contributed by atoms with Gasteiger partial charge in [-0.25, -0.2) is 0 Å². The van der Waals surface area contributed by atoms with E-state index in [9.17, 15) is 9.59 Å². The molecule has 0 aliphatic heterocycles. The lowest BCUT2D eigenvalue weighted by atomic mass is 10.6. The van der Waals surface area contributed by atoms with Crippen LogP contribution in [0.4, 0.5) is 0 Å². The highest BCUT2D eigenvalue weighted by atomic mass is 16.1. The van der Waals surface area contributed by atoms with Crippen LogP contribution < -0.4 is 5.32 Å². The zero-order valence-electron chi connectivity index (χ0n) is 7.02. The molecule has 0 saturated carbocycles. The van der Waals surface area contributed by atoms with E-state index in [0.29, 0.717) is 0 Å². The lowest BCUT2D eigenvalue weighted by molar-refractivity contribution is -0.119. The number of hydrogen-bond acceptors (Lipinski definition) is 2. The molecule has 0 rings (SSSR count). The third-order valence-corrected chi connectivity index (χ3v) is 0.426. The standard InChI is InChI=1S/C4H9NO.C3H6O.CH4/c1-3-5-4(2)6;1-3(2)4;/h3H2,1-2H3,(H,5,6);1-2H3;1H4. The first-order valence-corrected chi connectivity index (χ1v) is 3.22. The van der Waals surface area contributed by atoms with Gasteiger partial charge in [0.1, 0.15) is 5.78 Å². The highest BCUT2D eigenvalue weighted by Crippen LogP contribution is 1.54. The van der Waals surface area contributed by atoms with Gasteiger partial charge in [0.15, 0.2) is 0 Å². The molecule has 0 radical (unpaired) electrons. The first kappa shape index (κ1) is 16.6. The lowest BCUT2D eigenvalue weighted by Crippen LogP contribution is -2.18. The monoisotopic (exact) mass is 161 g/mol. The molecule has 0 aromatic rings. The normalized spacial score (nSPS) is 6.55. The molecular weight excluding hydrogens is 142 g/mol. The van der Waals surface area contributed by atoms with Gasteiger partial charge in [-0.05, 0) is 20.8 Å². The minimum absolute atomic E-state index is 0. The Morgan fingerprint density at radius 1 is 1.18 bits per heavy atom. The highest BCUT2D eigenvalue weighted by Gasteiger charge is 1.78. The van der Waals surface area contributed by atoms with Crippen LogP contribution in [0.25, 0.3) is 0 Å². The van der Waals surface area contributed by atoms with Gasteiger partial charge in [-0.3, -0.25) is 4.79 Å². The number of ketones is 1. The maximum atomic E-state index is 9.93. The van der Waals surface area contributed by atoms with E-state index in [1.807, 2.05) is 6.92 Å². The van der Waals surface area contributed by atoms with E-state index in [-0.39, 0.29) is 19.1 Å². The summed E-state index contributed by atoms with van der Waals surface area (Å²) in [4.78, 5) is 19.4. The van der Waals surface area contributed by atoms with E-state index >= 15 is 0 Å². The number of rotatable bonds is 1. The largest absolute Gasteiger partial charge is 0.357 e. The van der Waals surface area contributed by atoms with Crippen LogP contribution in [0.2, 0.25) is 0 Å². The van der Waals surface area contributed by atoms with Crippen LogP contribution >= 0.6 is 0 Å². The van der Waals surface area contributed by atoms with Gasteiger partial charge in [-0.1, -0.05) is 7.43 Å². The van der Waals surface area contributed by atoms with Crippen molar-refractivity contribution in [3.05, 3.63) is 0 Å². The maximum absolute atomic E-state index is 9.93. The van der Waals surface area contributed by atoms with E-state index in [1.54, 1.807) is 0 Å². The molecule has 0 atom stereocenters. The highest BCUT2D eigenvalue weighted by molar-refractivity contribution is 5.72. The number of nitrogens with one attached hydrogen (secondary N) is 1. The Bertz CT molecular complexity index is 107. The lowest BCUT2D eigenvalue weighted by Gasteiger charge is -1.88. The molecule has 0 bridgehead atoms. The summed E-state index contributed by atoms with van der Waals surface area (Å²) >= 11 is 0. The molecule has 11 heavy (non-hydrogen) atoms. The molecule has 3 heteroatoms. The molecule has 0 aromatic carbocycles. The van der Waals surface area contributed by atoms with Crippen molar-refractivity contribution >= 4 is 11.7 Å². The number of Topliss-reactive ketones (excluding diaryl/α,β-unsaturated/α-hetero) is 1. The molecule has 0 aliphatic rings. The molecule has 0 unspecified atom stereocenters. The Balaban J connectivity index is -0.000000114. The van der Waals surface area contributed by atoms with Crippen LogP contribution in [-0.4, -0.2) is 18.2 Å². The summed E-state index contributed by atoms with van der Waals surface area (Å²) in [5, 5.41) is 2.57. The molecule has 68 valence electrons. The summed E-state index contributed by atoms with van der Waals surface area (Å²) < 4.78 is 0. The van der Waals surface area contributed by atoms with Crippen LogP contribution in [0.5, 0.6) is 0 Å². The predicted octanol–water partition coefficient (Wildman–Crippen LogP) is 1.37. The fourth-order valence-corrected chi connectivity index (χ4v) is 0.249. The van der Waals surface area contributed by atoms with Gasteiger partial charge in [0.2, 0.25) is 5.91 Å². The predicted molar refractivity (Wildman–Crippen MR) is 47.4 cm³/mol. The third-order valence-electron chi connectivity index (χ3n) is 0.426. The van der Waals surface area contributed by atoms with Crippen LogP contribution in [0, 0.1) is 0 Å². The van der Waals surface area contributed by atoms with Crippen LogP contribution in [0.3, 0.4) is 0 Å². The second-order valence-electron chi connectivity index (χ2n) is 1.99. The zero-order valence-corrected chi connectivity index (χ0v) is 7.02. The summed E-state index contributed by atoms with van der Waals surface area (Å²) in [5.74, 6) is 0.206. The molecule has 0 spiro atoms. The zero-order chi connectivity index (χ0) is 8.57. The molecule has 0 heterocycles. The van der Waals surface area contributed by atoms with Crippen molar-refractivity contribution in [1.82, 2.24) is 5.32 Å². The molecule has 0 aliphatic carbocycles. The fraction of sp³-hybridized carbons (Fsp3) is 0.750. The van der Waals surface area contributed by atoms with Gasteiger partial charge in [-0.2, -0.15) is 0 Å². The number of hydrogen-bond donors (Lipinski definition) is 1. The Kier molecular flexibility index (Phi) is 17.9. The Morgan fingerprint density at radius 2 is 1.45 bits per heavy atom. The third kappa shape index (κ3) is 102. The smallest absolute Gasteiger partial charge is 0.216 e. The maximum Gasteiger partial charge on any atom is 0.216 e. The average Bonchev–Trinajstić information content (AvgIpc) is 1.62. The summed E-state index contributed by atoms with van der Waals surface area (Å²) in [7, 11) is 0. The summed E-state index contributed by atoms with van der Waals surface area (Å²) in [5.41, 5.74) is 0. The second-order valence-corrected chi connectivity index (χ2v) is 1.99. The molecular formula is C8H19NO2. The SMILES string of the molecule is C.CC(C)=O.CCNC(C)=O. The van der Waals surface area contributed by atoms with Crippen molar-refractivity contribution in [3.8, 4) is 0 Å². The quantitative estimate of drug-likeness (QED) is 0.631. The van der Waals surface area contributed by atoms with Crippen molar-refractivity contribution in [2.45, 2.75) is 35.1 Å². The van der Waals surface area contributed by atoms with Crippen LogP contribution in [-0.2, 0) is 9.59 Å². The summed E-state index contributed by atoms with van der Waals surface area (Å²) in [6.45, 7) is 7.18. The minimum atomic E-state index is 0. The first-order chi connectivity index (χ1) is 4.50. The van der Waals surface area contributed by atoms with E-state index in [4.69, 9.17) is 0 Å². The van der Waals surface area contributed by atoms with Crippen molar-refractivity contribution in [2.75, 3.05) is 6.54 Å². The summed E-state index contributed by atoms with van der Waals surface area (Å²) in [6, 6.07) is 0. The summed E-state index contributed by atoms with van der Waals surface area (Å²) in [6.07, 6.45) is 0. The van der Waals surface area contributed by atoms with Gasteiger partial charge < -0.3 is 10.1 Å². The van der Waals surface area contributed by atoms with E-state index in [0.717, 1.165) is 6.54 Å². The number of carbonyl (C=O) groups is 2. The molecule has 0 aromatic heterocycles. The van der Waals surface area contributed by atoms with E-state index < -0.39 is 0 Å². The molecule has 1 N–H and O–H groups in total. The van der Waals surface area contributed by atoms with Gasteiger partial charge in [0, 0.05) is 13.5 Å². The van der Waals surface area contributed by atoms with Gasteiger partial charge in [0.05, 0.1) is 0 Å². The molecule has 3 nitrogen and oxygen atoms in total. The number of carbonyl (C=O) groups excluding carboxylic acids is 2. The first-order valence-electron chi connectivity index (χ1n) is 3.22. The molecule has 1 amide bonds. The molecule has 0 saturated heterocycles. The van der Waals surface area contributed by atoms with Crippen molar-refractivity contribution in [3.63, 3.8) is 0 Å². The Hall–Kier alpha value is -0.860. The van der Waals surface area contributed by atoms with E-state index in [1.165, 1.54) is 20.8 Å². The second kappa shape index (κ2) is 11.9. The van der Waals surface area contributed by atoms with Crippen molar-refractivity contribution in [2.24, 2.45) is 0 Å². The fourth-order valence-electron chi connectivity index (χ4n) is 0.249. The van der Waals surface area contributed by atoms with Crippen molar-refractivity contribution < 1.29 is 9.59 Å². The van der Waals surface area contributed by atoms with E-state index in [2.05, 4.69) is 5.32 Å². The average molecular weight is 161 g/mol. The van der Waals surface area contributed by atoms with Gasteiger partial charge in [-0.15, -0.1) is 0 Å². The topological polar surface area (TPSA) is 46.2 Å². The van der Waals surface area contributed by atoms with Gasteiger partial charge >= 0.3 is 0 Å². The van der Waals surface area contributed by atoms with Crippen LogP contribution in [0.15, 0.2) is 0 Å².